The second-order valence-electron chi connectivity index (χ2n) is 5.86. The molecule has 1 unspecified atom stereocenters. The van der Waals surface area contributed by atoms with Crippen molar-refractivity contribution in [3.05, 3.63) is 17.0 Å². The number of thiophene rings is 1. The molecule has 21 heavy (non-hydrogen) atoms. The number of nitrogens with zero attached hydrogens (tertiary/aromatic N) is 1. The van der Waals surface area contributed by atoms with Gasteiger partial charge in [0.1, 0.15) is 4.21 Å². The predicted octanol–water partition coefficient (Wildman–Crippen LogP) is 1.52. The first kappa shape index (κ1) is 18.6. The molecule has 1 aromatic heterocycles. The van der Waals surface area contributed by atoms with Gasteiger partial charge in [0.2, 0.25) is 10.0 Å². The van der Waals surface area contributed by atoms with Crippen LogP contribution in [0.25, 0.3) is 0 Å². The molecule has 0 aliphatic heterocycles. The zero-order chi connectivity index (χ0) is 16.0. The van der Waals surface area contributed by atoms with E-state index in [4.69, 9.17) is 0 Å². The van der Waals surface area contributed by atoms with Crippen molar-refractivity contribution in [1.29, 1.82) is 0 Å². The number of nitrogens with one attached hydrogen (secondary N) is 2. The third-order valence-corrected chi connectivity index (χ3v) is 6.05. The van der Waals surface area contributed by atoms with Crippen molar-refractivity contribution in [2.75, 3.05) is 27.2 Å². The van der Waals surface area contributed by atoms with Crippen molar-refractivity contribution in [3.8, 4) is 0 Å². The van der Waals surface area contributed by atoms with Gasteiger partial charge in [0.15, 0.2) is 0 Å². The van der Waals surface area contributed by atoms with E-state index in [0.717, 1.165) is 17.8 Å². The largest absolute Gasteiger partial charge is 0.314 e. The van der Waals surface area contributed by atoms with Crippen LogP contribution in [0.1, 0.15) is 25.6 Å². The van der Waals surface area contributed by atoms with Gasteiger partial charge in [-0.15, -0.1) is 11.3 Å². The third-order valence-electron chi connectivity index (χ3n) is 2.82. The van der Waals surface area contributed by atoms with Gasteiger partial charge < -0.3 is 10.2 Å². The molecule has 7 heteroatoms. The first-order valence-electron chi connectivity index (χ1n) is 7.20. The highest BCUT2D eigenvalue weighted by Gasteiger charge is 2.19. The van der Waals surface area contributed by atoms with Crippen molar-refractivity contribution in [2.24, 2.45) is 0 Å². The van der Waals surface area contributed by atoms with Crippen LogP contribution < -0.4 is 10.0 Å². The summed E-state index contributed by atoms with van der Waals surface area (Å²) in [6, 6.07) is 3.93. The molecule has 2 N–H and O–H groups in total. The van der Waals surface area contributed by atoms with E-state index in [1.165, 1.54) is 11.3 Å². The van der Waals surface area contributed by atoms with Gasteiger partial charge in [-0.2, -0.15) is 0 Å². The molecule has 0 saturated carbocycles. The van der Waals surface area contributed by atoms with Crippen LogP contribution in [-0.2, 0) is 16.4 Å². The van der Waals surface area contributed by atoms with Crippen LogP contribution in [-0.4, -0.2) is 52.6 Å². The highest BCUT2D eigenvalue weighted by molar-refractivity contribution is 7.91. The molecule has 0 aliphatic rings. The van der Waals surface area contributed by atoms with Gasteiger partial charge in [0, 0.05) is 30.1 Å². The summed E-state index contributed by atoms with van der Waals surface area (Å²) in [5.41, 5.74) is 0. The van der Waals surface area contributed by atoms with E-state index in [1.54, 1.807) is 6.07 Å². The fourth-order valence-corrected chi connectivity index (χ4v) is 4.64. The fourth-order valence-electron chi connectivity index (χ4n) is 2.03. The molecule has 122 valence electrons. The summed E-state index contributed by atoms with van der Waals surface area (Å²) in [5, 5.41) is 3.33. The molecule has 1 rings (SSSR count). The van der Waals surface area contributed by atoms with Crippen LogP contribution in [0.3, 0.4) is 0 Å². The molecular formula is C14H27N3O2S2. The van der Waals surface area contributed by atoms with Gasteiger partial charge in [0.05, 0.1) is 0 Å². The molecule has 0 aliphatic carbocycles. The molecule has 0 aromatic carbocycles. The highest BCUT2D eigenvalue weighted by Crippen LogP contribution is 2.22. The Balaban J connectivity index is 2.61. The van der Waals surface area contributed by atoms with Crippen LogP contribution in [0.2, 0.25) is 0 Å². The number of rotatable bonds is 9. The Bertz CT molecular complexity index is 524. The van der Waals surface area contributed by atoms with E-state index in [2.05, 4.69) is 23.9 Å². The Hall–Kier alpha value is -0.470. The number of hydrogen-bond donors (Lipinski definition) is 2. The molecule has 5 nitrogen and oxygen atoms in total. The smallest absolute Gasteiger partial charge is 0.250 e. The SMILES string of the molecule is CC(C)NCCc1ccc(S(=O)(=O)NC(C)CN(C)C)s1. The minimum absolute atomic E-state index is 0.113. The molecule has 0 spiro atoms. The molecule has 0 bridgehead atoms. The van der Waals surface area contributed by atoms with Gasteiger partial charge in [0.25, 0.3) is 0 Å². The Kier molecular flexibility index (Phi) is 7.29. The normalized spacial score (nSPS) is 14.0. The summed E-state index contributed by atoms with van der Waals surface area (Å²) in [5.74, 6) is 0. The minimum Gasteiger partial charge on any atom is -0.314 e. The van der Waals surface area contributed by atoms with Crippen molar-refractivity contribution < 1.29 is 8.42 Å². The van der Waals surface area contributed by atoms with E-state index < -0.39 is 10.0 Å². The summed E-state index contributed by atoms with van der Waals surface area (Å²) in [7, 11) is 0.448. The number of likely N-dealkylation sites (N-methyl/N-ethyl adjacent to an activating group) is 1. The number of sulfonamides is 1. The molecule has 0 saturated heterocycles. The van der Waals surface area contributed by atoms with Gasteiger partial charge in [-0.05, 0) is 39.6 Å². The monoisotopic (exact) mass is 333 g/mol. The summed E-state index contributed by atoms with van der Waals surface area (Å²) >= 11 is 1.35. The van der Waals surface area contributed by atoms with Crippen LogP contribution in [0.4, 0.5) is 0 Å². The van der Waals surface area contributed by atoms with E-state index >= 15 is 0 Å². The molecule has 0 amide bonds. The first-order valence-corrected chi connectivity index (χ1v) is 9.50. The van der Waals surface area contributed by atoms with Crippen LogP contribution in [0.15, 0.2) is 16.3 Å². The van der Waals surface area contributed by atoms with Gasteiger partial charge in [-0.25, -0.2) is 13.1 Å². The van der Waals surface area contributed by atoms with Crippen molar-refractivity contribution in [2.45, 2.75) is 43.5 Å². The lowest BCUT2D eigenvalue weighted by molar-refractivity contribution is 0.370. The zero-order valence-corrected chi connectivity index (χ0v) is 15.1. The lowest BCUT2D eigenvalue weighted by atomic mass is 10.3. The van der Waals surface area contributed by atoms with E-state index in [-0.39, 0.29) is 6.04 Å². The van der Waals surface area contributed by atoms with Gasteiger partial charge >= 0.3 is 0 Å². The summed E-state index contributed by atoms with van der Waals surface area (Å²) in [6.45, 7) is 7.61. The average molecular weight is 334 g/mol. The van der Waals surface area contributed by atoms with Crippen LogP contribution >= 0.6 is 11.3 Å². The summed E-state index contributed by atoms with van der Waals surface area (Å²) < 4.78 is 27.7. The Morgan fingerprint density at radius 1 is 1.24 bits per heavy atom. The predicted molar refractivity (Wildman–Crippen MR) is 89.5 cm³/mol. The van der Waals surface area contributed by atoms with Gasteiger partial charge in [-0.3, -0.25) is 0 Å². The van der Waals surface area contributed by atoms with Crippen molar-refractivity contribution in [1.82, 2.24) is 14.9 Å². The van der Waals surface area contributed by atoms with Gasteiger partial charge in [-0.1, -0.05) is 13.8 Å². The molecule has 0 radical (unpaired) electrons. The van der Waals surface area contributed by atoms with E-state index in [0.29, 0.717) is 16.8 Å². The van der Waals surface area contributed by atoms with E-state index in [1.807, 2.05) is 32.0 Å². The van der Waals surface area contributed by atoms with E-state index in [9.17, 15) is 8.42 Å². The lowest BCUT2D eigenvalue weighted by Gasteiger charge is -2.17. The minimum atomic E-state index is -3.40. The third kappa shape index (κ3) is 6.88. The van der Waals surface area contributed by atoms with Crippen molar-refractivity contribution >= 4 is 21.4 Å². The maximum atomic E-state index is 12.3. The highest BCUT2D eigenvalue weighted by atomic mass is 32.2. The molecular weight excluding hydrogens is 306 g/mol. The summed E-state index contributed by atoms with van der Waals surface area (Å²) in [4.78, 5) is 3.05. The topological polar surface area (TPSA) is 61.4 Å². The first-order chi connectivity index (χ1) is 9.70. The van der Waals surface area contributed by atoms with Crippen LogP contribution in [0, 0.1) is 0 Å². The molecule has 1 atom stereocenters. The molecule has 0 fully saturated rings. The molecule has 1 heterocycles. The average Bonchev–Trinajstić information content (AvgIpc) is 2.75. The maximum Gasteiger partial charge on any atom is 0.250 e. The van der Waals surface area contributed by atoms with Crippen LogP contribution in [0.5, 0.6) is 0 Å². The van der Waals surface area contributed by atoms with Crippen molar-refractivity contribution in [3.63, 3.8) is 0 Å². The maximum absolute atomic E-state index is 12.3. The zero-order valence-electron chi connectivity index (χ0n) is 13.5. The Morgan fingerprint density at radius 2 is 1.90 bits per heavy atom. The summed E-state index contributed by atoms with van der Waals surface area (Å²) in [6.07, 6.45) is 0.853. The fraction of sp³-hybridized carbons (Fsp3) is 0.714. The number of hydrogen-bond acceptors (Lipinski definition) is 5. The standard InChI is InChI=1S/C14H27N3O2S2/c1-11(2)15-9-8-13-6-7-14(20-13)21(18,19)16-12(3)10-17(4)5/h6-7,11-12,15-16H,8-10H2,1-5H3. The lowest BCUT2D eigenvalue weighted by Crippen LogP contribution is -2.39. The Labute approximate surface area is 132 Å². The second kappa shape index (κ2) is 8.24. The Morgan fingerprint density at radius 3 is 2.48 bits per heavy atom. The second-order valence-corrected chi connectivity index (χ2v) is 8.97. The molecule has 1 aromatic rings. The quantitative estimate of drug-likeness (QED) is 0.719.